The molecule has 0 fully saturated rings. The number of thiazole rings is 1. The van der Waals surface area contributed by atoms with Crippen molar-refractivity contribution in [2.75, 3.05) is 5.32 Å². The molecule has 0 radical (unpaired) electrons. The van der Waals surface area contributed by atoms with E-state index in [2.05, 4.69) is 76.1 Å². The van der Waals surface area contributed by atoms with Crippen molar-refractivity contribution >= 4 is 34.0 Å². The maximum Gasteiger partial charge on any atom is 0.205 e. The zero-order chi connectivity index (χ0) is 18.9. The van der Waals surface area contributed by atoms with Crippen LogP contribution in [-0.2, 0) is 0 Å². The van der Waals surface area contributed by atoms with E-state index in [1.54, 1.807) is 11.3 Å². The fourth-order valence-electron chi connectivity index (χ4n) is 3.22. The van der Waals surface area contributed by atoms with Crippen molar-refractivity contribution in [2.45, 2.75) is 6.92 Å². The number of para-hydroxylation sites is 2. The quantitative estimate of drug-likeness (QED) is 0.378. The Morgan fingerprint density at radius 2 is 1.64 bits per heavy atom. The molecule has 0 spiro atoms. The molecule has 5 rings (SSSR count). The minimum absolute atomic E-state index is 0.740. The lowest BCUT2D eigenvalue weighted by Crippen LogP contribution is -1.92. The number of aromatic amines is 1. The Kier molecular flexibility index (Phi) is 4.14. The smallest absolute Gasteiger partial charge is 0.205 e. The molecule has 0 aliphatic rings. The number of H-pyrrole nitrogens is 1. The average Bonchev–Trinajstić information content (AvgIpc) is 3.36. The molecule has 0 unspecified atom stereocenters. The van der Waals surface area contributed by atoms with Gasteiger partial charge in [0.25, 0.3) is 0 Å². The van der Waals surface area contributed by atoms with Crippen LogP contribution < -0.4 is 5.32 Å². The molecule has 4 nitrogen and oxygen atoms in total. The summed E-state index contributed by atoms with van der Waals surface area (Å²) in [5.74, 6) is 0.740. The SMILES string of the molecule is Cc1ccccc1-c1nc(-c2ccc(Nc3nc4ccccc4[nH]3)cc2)cs1. The first-order chi connectivity index (χ1) is 13.8. The fraction of sp³-hybridized carbons (Fsp3) is 0.0435. The summed E-state index contributed by atoms with van der Waals surface area (Å²) in [4.78, 5) is 12.7. The van der Waals surface area contributed by atoms with Crippen LogP contribution in [0.1, 0.15) is 5.56 Å². The lowest BCUT2D eigenvalue weighted by molar-refractivity contribution is 1.31. The molecule has 5 heteroatoms. The summed E-state index contributed by atoms with van der Waals surface area (Å²) in [5, 5.41) is 6.49. The van der Waals surface area contributed by atoms with Gasteiger partial charge in [0.1, 0.15) is 5.01 Å². The number of hydrogen-bond donors (Lipinski definition) is 2. The predicted octanol–water partition coefficient (Wildman–Crippen LogP) is 6.41. The summed E-state index contributed by atoms with van der Waals surface area (Å²) in [7, 11) is 0. The number of rotatable bonds is 4. The van der Waals surface area contributed by atoms with Gasteiger partial charge < -0.3 is 10.3 Å². The predicted molar refractivity (Wildman–Crippen MR) is 117 cm³/mol. The van der Waals surface area contributed by atoms with Crippen LogP contribution in [0.2, 0.25) is 0 Å². The highest BCUT2D eigenvalue weighted by molar-refractivity contribution is 7.13. The summed E-state index contributed by atoms with van der Waals surface area (Å²) in [6.07, 6.45) is 0. The number of nitrogens with one attached hydrogen (secondary N) is 2. The van der Waals surface area contributed by atoms with E-state index < -0.39 is 0 Å². The zero-order valence-electron chi connectivity index (χ0n) is 15.3. The molecule has 136 valence electrons. The number of fused-ring (bicyclic) bond motifs is 1. The van der Waals surface area contributed by atoms with Crippen molar-refractivity contribution in [3.8, 4) is 21.8 Å². The van der Waals surface area contributed by atoms with E-state index >= 15 is 0 Å². The van der Waals surface area contributed by atoms with E-state index in [-0.39, 0.29) is 0 Å². The summed E-state index contributed by atoms with van der Waals surface area (Å²) in [6, 6.07) is 24.6. The third kappa shape index (κ3) is 3.17. The maximum atomic E-state index is 4.83. The van der Waals surface area contributed by atoms with Crippen molar-refractivity contribution in [2.24, 2.45) is 0 Å². The van der Waals surface area contributed by atoms with Crippen molar-refractivity contribution in [1.29, 1.82) is 0 Å². The maximum absolute atomic E-state index is 4.83. The number of aromatic nitrogens is 3. The standard InChI is InChI=1S/C23H18N4S/c1-15-6-2-3-7-18(15)22-25-21(14-28-22)16-10-12-17(13-11-16)24-23-26-19-8-4-5-9-20(19)27-23/h2-14H,1H3,(H2,24,26,27). The van der Waals surface area contributed by atoms with Crippen LogP contribution in [0.25, 0.3) is 32.9 Å². The van der Waals surface area contributed by atoms with Gasteiger partial charge in [-0.25, -0.2) is 9.97 Å². The Morgan fingerprint density at radius 1 is 0.857 bits per heavy atom. The molecule has 0 bridgehead atoms. The minimum Gasteiger partial charge on any atom is -0.326 e. The van der Waals surface area contributed by atoms with Crippen LogP contribution in [0.15, 0.2) is 78.2 Å². The normalized spacial score (nSPS) is 11.0. The Bertz CT molecular complexity index is 1220. The van der Waals surface area contributed by atoms with Gasteiger partial charge in [0.05, 0.1) is 16.7 Å². The van der Waals surface area contributed by atoms with Gasteiger partial charge in [0.15, 0.2) is 0 Å². The molecule has 0 aliphatic carbocycles. The molecule has 0 amide bonds. The van der Waals surface area contributed by atoms with Crippen molar-refractivity contribution in [1.82, 2.24) is 15.0 Å². The molecule has 0 saturated carbocycles. The lowest BCUT2D eigenvalue weighted by Gasteiger charge is -2.04. The molecule has 2 heterocycles. The van der Waals surface area contributed by atoms with Crippen LogP contribution in [0.3, 0.4) is 0 Å². The number of hydrogen-bond acceptors (Lipinski definition) is 4. The number of anilines is 2. The van der Waals surface area contributed by atoms with Crippen LogP contribution in [0, 0.1) is 6.92 Å². The Morgan fingerprint density at radius 3 is 2.46 bits per heavy atom. The van der Waals surface area contributed by atoms with Gasteiger partial charge >= 0.3 is 0 Å². The largest absolute Gasteiger partial charge is 0.326 e. The molecule has 28 heavy (non-hydrogen) atoms. The van der Waals surface area contributed by atoms with E-state index in [0.29, 0.717) is 0 Å². The number of aryl methyl sites for hydroxylation is 1. The Hall–Kier alpha value is -3.44. The van der Waals surface area contributed by atoms with Gasteiger partial charge in [0, 0.05) is 22.2 Å². The van der Waals surface area contributed by atoms with E-state index in [1.807, 2.05) is 24.3 Å². The highest BCUT2D eigenvalue weighted by atomic mass is 32.1. The summed E-state index contributed by atoms with van der Waals surface area (Å²) in [6.45, 7) is 2.12. The fourth-order valence-corrected chi connectivity index (χ4v) is 4.14. The molecule has 2 N–H and O–H groups in total. The first-order valence-corrected chi connectivity index (χ1v) is 9.98. The van der Waals surface area contributed by atoms with Gasteiger partial charge in [-0.1, -0.05) is 48.5 Å². The first-order valence-electron chi connectivity index (χ1n) is 9.10. The van der Waals surface area contributed by atoms with Crippen molar-refractivity contribution < 1.29 is 0 Å². The highest BCUT2D eigenvalue weighted by Gasteiger charge is 2.09. The minimum atomic E-state index is 0.740. The van der Waals surface area contributed by atoms with Gasteiger partial charge in [-0.2, -0.15) is 0 Å². The zero-order valence-corrected chi connectivity index (χ0v) is 16.1. The van der Waals surface area contributed by atoms with E-state index in [1.165, 1.54) is 11.1 Å². The van der Waals surface area contributed by atoms with Gasteiger partial charge in [-0.15, -0.1) is 11.3 Å². The van der Waals surface area contributed by atoms with E-state index in [9.17, 15) is 0 Å². The molecule has 0 aliphatic heterocycles. The summed E-state index contributed by atoms with van der Waals surface area (Å²) in [5.41, 5.74) is 7.50. The van der Waals surface area contributed by atoms with Gasteiger partial charge in [-0.05, 0) is 36.8 Å². The summed E-state index contributed by atoms with van der Waals surface area (Å²) < 4.78 is 0. The van der Waals surface area contributed by atoms with Gasteiger partial charge in [-0.3, -0.25) is 0 Å². The molecular formula is C23H18N4S. The average molecular weight is 382 g/mol. The van der Waals surface area contributed by atoms with Gasteiger partial charge in [0.2, 0.25) is 5.95 Å². The monoisotopic (exact) mass is 382 g/mol. The molecule has 0 saturated heterocycles. The van der Waals surface area contributed by atoms with Crippen LogP contribution in [0.5, 0.6) is 0 Å². The van der Waals surface area contributed by atoms with Crippen molar-refractivity contribution in [3.05, 3.63) is 83.7 Å². The third-order valence-corrected chi connectivity index (χ3v) is 5.59. The highest BCUT2D eigenvalue weighted by Crippen LogP contribution is 2.31. The number of imidazole rings is 1. The molecule has 3 aromatic carbocycles. The van der Waals surface area contributed by atoms with Crippen molar-refractivity contribution in [3.63, 3.8) is 0 Å². The molecule has 5 aromatic rings. The molecule has 0 atom stereocenters. The number of benzene rings is 3. The second-order valence-electron chi connectivity index (χ2n) is 6.66. The Balaban J connectivity index is 1.37. The van der Waals surface area contributed by atoms with E-state index in [0.717, 1.165) is 38.9 Å². The lowest BCUT2D eigenvalue weighted by atomic mass is 10.1. The molecular weight excluding hydrogens is 364 g/mol. The Labute approximate surface area is 166 Å². The van der Waals surface area contributed by atoms with Crippen LogP contribution in [0.4, 0.5) is 11.6 Å². The summed E-state index contributed by atoms with van der Waals surface area (Å²) >= 11 is 1.68. The number of nitrogens with zero attached hydrogens (tertiary/aromatic N) is 2. The van der Waals surface area contributed by atoms with E-state index in [4.69, 9.17) is 4.98 Å². The second-order valence-corrected chi connectivity index (χ2v) is 7.52. The third-order valence-electron chi connectivity index (χ3n) is 4.71. The van der Waals surface area contributed by atoms with Crippen LogP contribution in [-0.4, -0.2) is 15.0 Å². The molecule has 2 aromatic heterocycles. The first kappa shape index (κ1) is 16.7. The second kappa shape index (κ2) is 6.94. The van der Waals surface area contributed by atoms with Crippen LogP contribution >= 0.6 is 11.3 Å². The topological polar surface area (TPSA) is 53.6 Å².